The third-order valence-corrected chi connectivity index (χ3v) is 8.29. The van der Waals surface area contributed by atoms with Crippen molar-refractivity contribution < 1.29 is 22.7 Å². The number of imidazole rings is 1. The third kappa shape index (κ3) is 7.81. The molecule has 2 amide bonds. The van der Waals surface area contributed by atoms with Crippen molar-refractivity contribution in [3.05, 3.63) is 83.7 Å². The number of nitrogens with one attached hydrogen (secondary N) is 2. The summed E-state index contributed by atoms with van der Waals surface area (Å²) in [5, 5.41) is 3.23. The van der Waals surface area contributed by atoms with E-state index in [2.05, 4.69) is 16.8 Å². The molecule has 0 radical (unpaired) electrons. The molecule has 4 aromatic rings. The number of unbranched alkanes of at least 4 members (excludes halogenated alkanes) is 1. The van der Waals surface area contributed by atoms with Crippen LogP contribution in [-0.2, 0) is 23.0 Å². The van der Waals surface area contributed by atoms with Gasteiger partial charge in [0.1, 0.15) is 11.6 Å². The second-order valence-corrected chi connectivity index (χ2v) is 12.9. The molecule has 0 bridgehead atoms. The van der Waals surface area contributed by atoms with Gasteiger partial charge in [-0.1, -0.05) is 75.1 Å². The molecular formula is C33H38N4O5S. The topological polar surface area (TPSA) is 119 Å². The summed E-state index contributed by atoms with van der Waals surface area (Å²) in [6.07, 6.45) is 8.36. The Morgan fingerprint density at radius 3 is 2.47 bits per heavy atom. The van der Waals surface area contributed by atoms with E-state index in [-0.39, 0.29) is 17.7 Å². The summed E-state index contributed by atoms with van der Waals surface area (Å²) >= 11 is 0. The highest BCUT2D eigenvalue weighted by molar-refractivity contribution is 7.89. The molecule has 43 heavy (non-hydrogen) atoms. The lowest BCUT2D eigenvalue weighted by Gasteiger charge is -2.22. The van der Waals surface area contributed by atoms with Crippen molar-refractivity contribution in [1.29, 1.82) is 0 Å². The third-order valence-electron chi connectivity index (χ3n) is 7.75. The van der Waals surface area contributed by atoms with Crippen LogP contribution in [0, 0.1) is 0 Å². The van der Waals surface area contributed by atoms with Crippen LogP contribution in [0.15, 0.2) is 66.7 Å². The van der Waals surface area contributed by atoms with Crippen molar-refractivity contribution in [2.45, 2.75) is 70.9 Å². The minimum atomic E-state index is -3.75. The van der Waals surface area contributed by atoms with Gasteiger partial charge < -0.3 is 14.6 Å². The first kappa shape index (κ1) is 30.3. The van der Waals surface area contributed by atoms with E-state index in [1.54, 1.807) is 12.1 Å². The fourth-order valence-electron chi connectivity index (χ4n) is 5.57. The van der Waals surface area contributed by atoms with E-state index in [1.807, 2.05) is 59.3 Å². The molecule has 1 aliphatic carbocycles. The number of hydrogen-bond acceptors (Lipinski definition) is 6. The number of carbonyl (C=O) groups excluding carboxylic acids is 2. The average molecular weight is 603 g/mol. The van der Waals surface area contributed by atoms with Gasteiger partial charge in [-0.25, -0.2) is 22.9 Å². The molecule has 226 valence electrons. The van der Waals surface area contributed by atoms with E-state index in [0.717, 1.165) is 79.2 Å². The van der Waals surface area contributed by atoms with Gasteiger partial charge in [0.25, 0.3) is 5.91 Å². The van der Waals surface area contributed by atoms with Crippen LogP contribution in [-0.4, -0.2) is 42.3 Å². The summed E-state index contributed by atoms with van der Waals surface area (Å²) in [5.41, 5.74) is 4.97. The molecule has 10 heteroatoms. The van der Waals surface area contributed by atoms with Crippen molar-refractivity contribution in [2.75, 3.05) is 6.26 Å². The standard InChI is InChI=1S/C33H38N4O5S/c1-3-4-14-31-35-28-20-19-25(32(38)34-26-10-6-5-7-11-26)21-29(28)37(31)22-23-15-17-24(18-16-23)27-12-8-9-13-30(27)42-33(39)36-43(2,40)41/h8-9,12-13,15-21,26H,3-7,10-11,14,22H2,1-2H3,(H,34,38)(H,36,39). The molecule has 1 aliphatic rings. The molecule has 5 rings (SSSR count). The van der Waals surface area contributed by atoms with Gasteiger partial charge in [0, 0.05) is 30.1 Å². The van der Waals surface area contributed by atoms with Crippen molar-refractivity contribution in [1.82, 2.24) is 19.6 Å². The van der Waals surface area contributed by atoms with E-state index in [4.69, 9.17) is 9.72 Å². The maximum Gasteiger partial charge on any atom is 0.426 e. The molecule has 1 heterocycles. The van der Waals surface area contributed by atoms with E-state index < -0.39 is 16.1 Å². The van der Waals surface area contributed by atoms with Gasteiger partial charge in [-0.05, 0) is 54.7 Å². The summed E-state index contributed by atoms with van der Waals surface area (Å²) in [6.45, 7) is 2.74. The van der Waals surface area contributed by atoms with Gasteiger partial charge in [0.05, 0.1) is 17.3 Å². The number of carbonyl (C=O) groups is 2. The molecule has 9 nitrogen and oxygen atoms in total. The van der Waals surface area contributed by atoms with Gasteiger partial charge in [-0.2, -0.15) is 0 Å². The minimum absolute atomic E-state index is 0.0351. The molecule has 0 spiro atoms. The van der Waals surface area contributed by atoms with Crippen LogP contribution in [0.3, 0.4) is 0 Å². The Labute approximate surface area is 252 Å². The zero-order chi connectivity index (χ0) is 30.4. The molecule has 0 unspecified atom stereocenters. The van der Waals surface area contributed by atoms with Crippen LogP contribution < -0.4 is 14.8 Å². The number of aryl methyl sites for hydroxylation is 1. The number of nitrogens with zero attached hydrogens (tertiary/aromatic N) is 2. The maximum absolute atomic E-state index is 13.1. The van der Waals surface area contributed by atoms with Crippen LogP contribution in [0.2, 0.25) is 0 Å². The Morgan fingerprint density at radius 1 is 1.00 bits per heavy atom. The van der Waals surface area contributed by atoms with E-state index in [9.17, 15) is 18.0 Å². The minimum Gasteiger partial charge on any atom is -0.409 e. The van der Waals surface area contributed by atoms with Crippen molar-refractivity contribution in [3.63, 3.8) is 0 Å². The molecule has 0 atom stereocenters. The Bertz CT molecular complexity index is 1710. The van der Waals surface area contributed by atoms with Gasteiger partial charge in [0.2, 0.25) is 10.0 Å². The number of sulfonamides is 1. The second kappa shape index (κ2) is 13.4. The summed E-state index contributed by atoms with van der Waals surface area (Å²) in [5.74, 6) is 1.20. The normalized spacial score (nSPS) is 14.0. The predicted molar refractivity (Wildman–Crippen MR) is 168 cm³/mol. The second-order valence-electron chi connectivity index (χ2n) is 11.2. The molecule has 0 saturated heterocycles. The highest BCUT2D eigenvalue weighted by Crippen LogP contribution is 2.31. The maximum atomic E-state index is 13.1. The number of benzene rings is 3. The average Bonchev–Trinajstić information content (AvgIpc) is 3.32. The zero-order valence-corrected chi connectivity index (χ0v) is 25.5. The number of para-hydroxylation sites is 1. The monoisotopic (exact) mass is 602 g/mol. The molecular weight excluding hydrogens is 564 g/mol. The predicted octanol–water partition coefficient (Wildman–Crippen LogP) is 6.20. The highest BCUT2D eigenvalue weighted by Gasteiger charge is 2.19. The Morgan fingerprint density at radius 2 is 1.74 bits per heavy atom. The lowest BCUT2D eigenvalue weighted by molar-refractivity contribution is 0.0927. The highest BCUT2D eigenvalue weighted by atomic mass is 32.2. The number of amides is 2. The fourth-order valence-corrected chi connectivity index (χ4v) is 5.91. The van der Waals surface area contributed by atoms with Crippen molar-refractivity contribution in [2.24, 2.45) is 0 Å². The van der Waals surface area contributed by atoms with Gasteiger partial charge in [-0.15, -0.1) is 0 Å². The van der Waals surface area contributed by atoms with Crippen LogP contribution in [0.5, 0.6) is 5.75 Å². The number of hydrogen-bond donors (Lipinski definition) is 2. The van der Waals surface area contributed by atoms with Gasteiger partial charge in [0.15, 0.2) is 0 Å². The number of fused-ring (bicyclic) bond motifs is 1. The van der Waals surface area contributed by atoms with E-state index >= 15 is 0 Å². The lowest BCUT2D eigenvalue weighted by atomic mass is 9.95. The van der Waals surface area contributed by atoms with E-state index in [0.29, 0.717) is 17.7 Å². The Hall–Kier alpha value is -4.18. The van der Waals surface area contributed by atoms with Crippen LogP contribution in [0.4, 0.5) is 4.79 Å². The number of aromatic nitrogens is 2. The van der Waals surface area contributed by atoms with Gasteiger partial charge >= 0.3 is 6.09 Å². The molecule has 1 saturated carbocycles. The van der Waals surface area contributed by atoms with Crippen molar-refractivity contribution >= 4 is 33.1 Å². The first-order chi connectivity index (χ1) is 20.7. The number of ether oxygens (including phenoxy) is 1. The summed E-state index contributed by atoms with van der Waals surface area (Å²) in [4.78, 5) is 30.1. The zero-order valence-electron chi connectivity index (χ0n) is 24.6. The first-order valence-corrected chi connectivity index (χ1v) is 16.8. The van der Waals surface area contributed by atoms with Crippen LogP contribution in [0.25, 0.3) is 22.2 Å². The van der Waals surface area contributed by atoms with E-state index in [1.165, 1.54) is 6.42 Å². The first-order valence-electron chi connectivity index (χ1n) is 14.9. The summed E-state index contributed by atoms with van der Waals surface area (Å²) in [6, 6.07) is 20.9. The summed E-state index contributed by atoms with van der Waals surface area (Å²) < 4.78 is 32.1. The smallest absolute Gasteiger partial charge is 0.409 e. The Balaban J connectivity index is 1.39. The largest absolute Gasteiger partial charge is 0.426 e. The van der Waals surface area contributed by atoms with Crippen LogP contribution in [0.1, 0.15) is 73.6 Å². The molecule has 1 fully saturated rings. The molecule has 1 aromatic heterocycles. The van der Waals surface area contributed by atoms with Crippen LogP contribution >= 0.6 is 0 Å². The molecule has 0 aliphatic heterocycles. The molecule has 3 aromatic carbocycles. The van der Waals surface area contributed by atoms with Gasteiger partial charge in [-0.3, -0.25) is 4.79 Å². The summed E-state index contributed by atoms with van der Waals surface area (Å²) in [7, 11) is -3.75. The quantitative estimate of drug-likeness (QED) is 0.223. The van der Waals surface area contributed by atoms with Crippen molar-refractivity contribution in [3.8, 4) is 16.9 Å². The lowest BCUT2D eigenvalue weighted by Crippen LogP contribution is -2.36. The molecule has 2 N–H and O–H groups in total. The number of rotatable bonds is 10. The SMILES string of the molecule is CCCCc1nc2ccc(C(=O)NC3CCCCC3)cc2n1Cc1ccc(-c2ccccc2OC(=O)NS(C)(=O)=O)cc1. The fraction of sp³-hybridized carbons (Fsp3) is 0.364. The Kier molecular flexibility index (Phi) is 9.45.